The van der Waals surface area contributed by atoms with E-state index in [2.05, 4.69) is 19.6 Å². The van der Waals surface area contributed by atoms with Crippen LogP contribution in [-0.2, 0) is 14.8 Å². The third-order valence-corrected chi connectivity index (χ3v) is 13.6. The molecule has 2 saturated carbocycles. The van der Waals surface area contributed by atoms with Crippen LogP contribution in [0.3, 0.4) is 0 Å². The van der Waals surface area contributed by atoms with Gasteiger partial charge in [-0.15, -0.1) is 0 Å². The van der Waals surface area contributed by atoms with Crippen LogP contribution >= 0.6 is 0 Å². The van der Waals surface area contributed by atoms with Crippen molar-refractivity contribution >= 4 is 23.9 Å². The van der Waals surface area contributed by atoms with E-state index < -0.39 is 18.1 Å². The Bertz CT molecular complexity index is 1010. The molecule has 1 aromatic rings. The first kappa shape index (κ1) is 18.6. The molecule has 6 heteroatoms. The van der Waals surface area contributed by atoms with Crippen LogP contribution in [0.2, 0.25) is 24.7 Å². The zero-order valence-corrected chi connectivity index (χ0v) is 19.0. The number of carbonyl (C=O) groups excluding carboxylic acids is 1. The van der Waals surface area contributed by atoms with Crippen molar-refractivity contribution in [1.82, 2.24) is 4.31 Å². The first-order valence-corrected chi connectivity index (χ1v) is 15.4. The predicted molar refractivity (Wildman–Crippen MR) is 112 cm³/mol. The van der Waals surface area contributed by atoms with Gasteiger partial charge in [0, 0.05) is 28.8 Å². The van der Waals surface area contributed by atoms with Gasteiger partial charge in [0.15, 0.2) is 5.78 Å². The number of sulfonamides is 1. The van der Waals surface area contributed by atoms with Crippen LogP contribution < -0.4 is 0 Å². The lowest BCUT2D eigenvalue weighted by Gasteiger charge is -2.54. The Kier molecular flexibility index (Phi) is 3.58. The number of fused-ring (bicyclic) bond motifs is 3. The number of allylic oxidation sites excluding steroid dienone is 2. The average Bonchev–Trinajstić information content (AvgIpc) is 3.31. The molecule has 2 unspecified atom stereocenters. The Morgan fingerprint density at radius 2 is 1.71 bits per heavy atom. The van der Waals surface area contributed by atoms with E-state index in [0.29, 0.717) is 23.3 Å². The molecule has 2 bridgehead atoms. The maximum Gasteiger partial charge on any atom is 0.264 e. The summed E-state index contributed by atoms with van der Waals surface area (Å²) in [6, 6.07) is 7.08. The van der Waals surface area contributed by atoms with Crippen LogP contribution in [-0.4, -0.2) is 33.1 Å². The summed E-state index contributed by atoms with van der Waals surface area (Å²) in [4.78, 5) is 13.9. The van der Waals surface area contributed by atoms with Gasteiger partial charge in [0.25, 0.3) is 10.0 Å². The molecule has 1 heterocycles. The summed E-state index contributed by atoms with van der Waals surface area (Å²) >= 11 is 0. The van der Waals surface area contributed by atoms with Gasteiger partial charge in [0.05, 0.1) is 13.0 Å². The standard InChI is InChI=1S/C22H29NO3SSi/c1-15-5-9-18(10-6-15)27(25,26)23-12-11-21-16-7-8-17(13-16)22(21,28(2,3)4)20(24)14-19(21)23/h5-6,9-10,14,16-17H,7-8,11-13H2,1-4H3/t16?,17?,21-,22-/m1/s1. The van der Waals surface area contributed by atoms with Crippen LogP contribution in [0, 0.1) is 24.2 Å². The minimum Gasteiger partial charge on any atom is -0.294 e. The third kappa shape index (κ3) is 1.87. The molecule has 150 valence electrons. The summed E-state index contributed by atoms with van der Waals surface area (Å²) in [5.74, 6) is 1.13. The van der Waals surface area contributed by atoms with Crippen molar-refractivity contribution in [2.24, 2.45) is 17.3 Å². The van der Waals surface area contributed by atoms with Crippen LogP contribution in [0.25, 0.3) is 0 Å². The molecular formula is C22H29NO3SSi. The Morgan fingerprint density at radius 3 is 2.36 bits per heavy atom. The van der Waals surface area contributed by atoms with Crippen molar-refractivity contribution in [2.45, 2.75) is 62.2 Å². The second-order valence-corrected chi connectivity index (χ2v) is 17.4. The molecule has 1 spiro atoms. The number of benzene rings is 1. The highest BCUT2D eigenvalue weighted by Gasteiger charge is 2.79. The first-order chi connectivity index (χ1) is 13.1. The lowest BCUT2D eigenvalue weighted by atomic mass is 9.65. The lowest BCUT2D eigenvalue weighted by molar-refractivity contribution is -0.120. The molecule has 4 nitrogen and oxygen atoms in total. The third-order valence-electron chi connectivity index (χ3n) is 8.33. The van der Waals surface area contributed by atoms with Gasteiger partial charge in [-0.3, -0.25) is 9.10 Å². The second kappa shape index (κ2) is 5.39. The zero-order valence-electron chi connectivity index (χ0n) is 17.2. The Hall–Kier alpha value is -1.40. The molecule has 3 aliphatic carbocycles. The van der Waals surface area contributed by atoms with E-state index in [1.807, 2.05) is 19.1 Å². The Labute approximate surface area is 169 Å². The van der Waals surface area contributed by atoms with E-state index in [1.54, 1.807) is 22.5 Å². The van der Waals surface area contributed by atoms with E-state index in [1.165, 1.54) is 0 Å². The van der Waals surface area contributed by atoms with Gasteiger partial charge >= 0.3 is 0 Å². The molecule has 1 aromatic carbocycles. The number of nitrogens with zero attached hydrogens (tertiary/aromatic N) is 1. The van der Waals surface area contributed by atoms with Crippen LogP contribution in [0.4, 0.5) is 0 Å². The maximum absolute atomic E-state index is 13.6. The molecule has 1 aliphatic heterocycles. The Balaban J connectivity index is 1.66. The van der Waals surface area contributed by atoms with Crippen molar-refractivity contribution in [3.8, 4) is 0 Å². The van der Waals surface area contributed by atoms with Crippen LogP contribution in [0.15, 0.2) is 40.9 Å². The van der Waals surface area contributed by atoms with E-state index in [0.717, 1.165) is 36.9 Å². The molecule has 3 fully saturated rings. The number of hydrogen-bond donors (Lipinski definition) is 0. The van der Waals surface area contributed by atoms with E-state index in [-0.39, 0.29) is 16.2 Å². The normalized spacial score (nSPS) is 36.6. The van der Waals surface area contributed by atoms with Gasteiger partial charge in [0.2, 0.25) is 0 Å². The fourth-order valence-electron chi connectivity index (χ4n) is 7.67. The van der Waals surface area contributed by atoms with Crippen molar-refractivity contribution in [3.63, 3.8) is 0 Å². The highest BCUT2D eigenvalue weighted by atomic mass is 32.2. The molecule has 0 N–H and O–H groups in total. The van der Waals surface area contributed by atoms with Crippen molar-refractivity contribution in [1.29, 1.82) is 0 Å². The summed E-state index contributed by atoms with van der Waals surface area (Å²) in [5.41, 5.74) is 1.63. The molecule has 28 heavy (non-hydrogen) atoms. The first-order valence-electron chi connectivity index (χ1n) is 10.4. The monoisotopic (exact) mass is 415 g/mol. The van der Waals surface area contributed by atoms with Gasteiger partial charge in [-0.1, -0.05) is 37.3 Å². The number of ketones is 1. The molecule has 5 rings (SSSR count). The fourth-order valence-corrected chi connectivity index (χ4v) is 13.3. The molecule has 0 radical (unpaired) electrons. The van der Waals surface area contributed by atoms with Gasteiger partial charge in [-0.25, -0.2) is 8.42 Å². The summed E-state index contributed by atoms with van der Waals surface area (Å²) in [5, 5.41) is -0.310. The highest BCUT2D eigenvalue weighted by Crippen LogP contribution is 2.82. The van der Waals surface area contributed by atoms with E-state index in [9.17, 15) is 13.2 Å². The Morgan fingerprint density at radius 1 is 1.07 bits per heavy atom. The largest absolute Gasteiger partial charge is 0.294 e. The van der Waals surface area contributed by atoms with Crippen molar-refractivity contribution < 1.29 is 13.2 Å². The van der Waals surface area contributed by atoms with Crippen molar-refractivity contribution in [3.05, 3.63) is 41.6 Å². The van der Waals surface area contributed by atoms with Gasteiger partial charge in [0.1, 0.15) is 0 Å². The number of aryl methyl sites for hydroxylation is 1. The molecule has 4 atom stereocenters. The molecule has 4 aliphatic rings. The number of rotatable bonds is 3. The molecular weight excluding hydrogens is 386 g/mol. The summed E-state index contributed by atoms with van der Waals surface area (Å²) in [6.07, 6.45) is 5.93. The smallest absolute Gasteiger partial charge is 0.264 e. The van der Waals surface area contributed by atoms with Gasteiger partial charge in [-0.2, -0.15) is 0 Å². The minimum atomic E-state index is -3.64. The molecule has 0 amide bonds. The lowest BCUT2D eigenvalue weighted by Crippen LogP contribution is -2.55. The van der Waals surface area contributed by atoms with E-state index >= 15 is 0 Å². The van der Waals surface area contributed by atoms with Crippen molar-refractivity contribution in [2.75, 3.05) is 6.54 Å². The van der Waals surface area contributed by atoms with Gasteiger partial charge < -0.3 is 0 Å². The number of carbonyl (C=O) groups is 1. The quantitative estimate of drug-likeness (QED) is 0.690. The SMILES string of the molecule is Cc1ccc(S(=O)(=O)N2CC[C@@]34C2=CC(=O)[C@]3([Si](C)(C)C)C2CCC4C2)cc1. The maximum atomic E-state index is 13.6. The topological polar surface area (TPSA) is 54.5 Å². The van der Waals surface area contributed by atoms with Gasteiger partial charge in [-0.05, 0) is 56.6 Å². The summed E-state index contributed by atoms with van der Waals surface area (Å²) < 4.78 is 28.6. The van der Waals surface area contributed by atoms with Crippen LogP contribution in [0.1, 0.15) is 31.2 Å². The highest BCUT2D eigenvalue weighted by molar-refractivity contribution is 7.89. The zero-order chi connectivity index (χ0) is 20.1. The summed E-state index contributed by atoms with van der Waals surface area (Å²) in [6.45, 7) is 9.42. The van der Waals surface area contributed by atoms with Crippen LogP contribution in [0.5, 0.6) is 0 Å². The average molecular weight is 416 g/mol. The number of hydrogen-bond acceptors (Lipinski definition) is 3. The molecule has 0 aromatic heterocycles. The fraction of sp³-hybridized carbons (Fsp3) is 0.591. The van der Waals surface area contributed by atoms with E-state index in [4.69, 9.17) is 0 Å². The predicted octanol–water partition coefficient (Wildman–Crippen LogP) is 4.35. The molecule has 1 saturated heterocycles. The summed E-state index contributed by atoms with van der Waals surface area (Å²) in [7, 11) is -5.52. The second-order valence-electron chi connectivity index (χ2n) is 10.3. The minimum absolute atomic E-state index is 0.234.